The molecule has 2 aromatic heterocycles. The van der Waals surface area contributed by atoms with Crippen molar-refractivity contribution in [1.29, 1.82) is 0 Å². The van der Waals surface area contributed by atoms with E-state index in [-0.39, 0.29) is 24.0 Å². The standard InChI is InChI=1S/C46H37ClN4O5S/c1-5-24-10-14-27(15-11-24)50-42(53)30-17-16-29-32(38(30)44(50)55)21-33-43(54)51(37-22-34(48-49(37)4)41-23(2)31-20-26(47)13-19-36(31)57-41)45(56)46(33,3)40(29)39-28-9-7-6-8-25(28)12-18-35(39)52/h5-16,18-20,22,30,32-33,38,40,52H,1,17,21H2,2-4H3. The fraction of sp³-hybridized carbons (Fsp3) is 0.239. The number of nitrogens with zero attached hydrogens (tertiary/aromatic N) is 4. The molecule has 2 saturated heterocycles. The van der Waals surface area contributed by atoms with Crippen molar-refractivity contribution in [3.05, 3.63) is 125 Å². The minimum Gasteiger partial charge on any atom is -0.508 e. The molecule has 11 heteroatoms. The Labute approximate surface area is 337 Å². The van der Waals surface area contributed by atoms with Gasteiger partial charge in [-0.15, -0.1) is 11.3 Å². The zero-order valence-corrected chi connectivity index (χ0v) is 33.0. The molecule has 4 heterocycles. The van der Waals surface area contributed by atoms with E-state index < -0.39 is 46.8 Å². The van der Waals surface area contributed by atoms with Crippen molar-refractivity contribution in [2.75, 3.05) is 9.80 Å². The molecular weight excluding hydrogens is 756 g/mol. The summed E-state index contributed by atoms with van der Waals surface area (Å²) in [6.45, 7) is 7.66. The Morgan fingerprint density at radius 2 is 1.68 bits per heavy atom. The Hall–Kier alpha value is -5.84. The number of benzene rings is 4. The number of hydrogen-bond donors (Lipinski definition) is 1. The number of aryl methyl sites for hydroxylation is 2. The number of thiophene rings is 1. The van der Waals surface area contributed by atoms with E-state index in [9.17, 15) is 14.7 Å². The van der Waals surface area contributed by atoms with E-state index in [0.717, 1.165) is 42.4 Å². The molecule has 10 rings (SSSR count). The second-order valence-electron chi connectivity index (χ2n) is 15.9. The molecule has 0 radical (unpaired) electrons. The van der Waals surface area contributed by atoms with E-state index in [2.05, 4.69) is 6.58 Å². The van der Waals surface area contributed by atoms with Crippen LogP contribution in [0.25, 0.3) is 37.5 Å². The maximum absolute atomic E-state index is 15.4. The lowest BCUT2D eigenvalue weighted by Crippen LogP contribution is -2.49. The van der Waals surface area contributed by atoms with Gasteiger partial charge in [-0.1, -0.05) is 78.4 Å². The monoisotopic (exact) mass is 792 g/mol. The largest absolute Gasteiger partial charge is 0.508 e. The van der Waals surface area contributed by atoms with E-state index >= 15 is 9.59 Å². The number of anilines is 2. The minimum absolute atomic E-state index is 0.00182. The summed E-state index contributed by atoms with van der Waals surface area (Å²) < 4.78 is 2.62. The van der Waals surface area contributed by atoms with Crippen LogP contribution in [0, 0.1) is 36.0 Å². The molecule has 4 amide bonds. The van der Waals surface area contributed by atoms with Crippen molar-refractivity contribution < 1.29 is 24.3 Å². The molecular formula is C46H37ClN4O5S. The molecule has 1 saturated carbocycles. The van der Waals surface area contributed by atoms with Gasteiger partial charge in [-0.2, -0.15) is 5.10 Å². The Balaban J connectivity index is 1.12. The van der Waals surface area contributed by atoms with Gasteiger partial charge in [0.25, 0.3) is 0 Å². The topological polar surface area (TPSA) is 113 Å². The summed E-state index contributed by atoms with van der Waals surface area (Å²) >= 11 is 7.91. The van der Waals surface area contributed by atoms with E-state index in [0.29, 0.717) is 34.2 Å². The van der Waals surface area contributed by atoms with E-state index in [1.807, 2.05) is 80.6 Å². The van der Waals surface area contributed by atoms with Crippen molar-refractivity contribution in [3.8, 4) is 16.3 Å². The first-order valence-corrected chi connectivity index (χ1v) is 20.2. The van der Waals surface area contributed by atoms with Gasteiger partial charge in [0.2, 0.25) is 23.6 Å². The lowest BCUT2D eigenvalue weighted by molar-refractivity contribution is -0.131. The third-order valence-electron chi connectivity index (χ3n) is 13.1. The van der Waals surface area contributed by atoms with Crippen molar-refractivity contribution in [1.82, 2.24) is 9.78 Å². The predicted molar refractivity (Wildman–Crippen MR) is 223 cm³/mol. The molecule has 0 bridgehead atoms. The first-order chi connectivity index (χ1) is 27.4. The van der Waals surface area contributed by atoms with Crippen LogP contribution in [0.2, 0.25) is 5.02 Å². The molecule has 3 fully saturated rings. The van der Waals surface area contributed by atoms with Crippen LogP contribution in [0.15, 0.2) is 103 Å². The number of carbonyl (C=O) groups excluding carboxylic acids is 4. The highest BCUT2D eigenvalue weighted by molar-refractivity contribution is 7.22. The van der Waals surface area contributed by atoms with Crippen molar-refractivity contribution >= 4 is 85.0 Å². The van der Waals surface area contributed by atoms with Crippen LogP contribution >= 0.6 is 22.9 Å². The highest BCUT2D eigenvalue weighted by Gasteiger charge is 2.68. The summed E-state index contributed by atoms with van der Waals surface area (Å²) in [6, 6.07) is 25.8. The number of aromatic hydroxyl groups is 1. The van der Waals surface area contributed by atoms with E-state index in [1.165, 1.54) is 9.80 Å². The van der Waals surface area contributed by atoms with Gasteiger partial charge in [-0.3, -0.25) is 28.8 Å². The van der Waals surface area contributed by atoms with Crippen LogP contribution in [0.1, 0.15) is 42.4 Å². The van der Waals surface area contributed by atoms with Gasteiger partial charge in [-0.05, 0) is 96.3 Å². The zero-order chi connectivity index (χ0) is 39.7. The maximum atomic E-state index is 15.4. The number of aromatic nitrogens is 2. The molecule has 57 heavy (non-hydrogen) atoms. The number of imide groups is 2. The molecule has 9 nitrogen and oxygen atoms in total. The molecule has 2 aliphatic heterocycles. The van der Waals surface area contributed by atoms with Gasteiger partial charge < -0.3 is 5.11 Å². The molecule has 4 aliphatic rings. The minimum atomic E-state index is -1.35. The van der Waals surface area contributed by atoms with Crippen molar-refractivity contribution in [2.45, 2.75) is 32.6 Å². The summed E-state index contributed by atoms with van der Waals surface area (Å²) in [5, 5.41) is 19.9. The Bertz CT molecular complexity index is 2820. The van der Waals surface area contributed by atoms with Crippen molar-refractivity contribution in [2.24, 2.45) is 36.1 Å². The summed E-state index contributed by atoms with van der Waals surface area (Å²) in [5.41, 5.74) is 2.97. The van der Waals surface area contributed by atoms with Crippen LogP contribution in [-0.4, -0.2) is 38.5 Å². The second-order valence-corrected chi connectivity index (χ2v) is 17.4. The fourth-order valence-electron chi connectivity index (χ4n) is 10.4. The quantitative estimate of drug-likeness (QED) is 0.138. The third-order valence-corrected chi connectivity index (χ3v) is 14.6. The zero-order valence-electron chi connectivity index (χ0n) is 31.4. The number of hydrogen-bond acceptors (Lipinski definition) is 7. The number of allylic oxidation sites excluding steroid dienone is 2. The SMILES string of the molecule is C=Cc1ccc(N2C(=O)C3CC=C4C(CC5C(=O)N(c6cc(-c7sc8ccc(Cl)cc8c7C)nn6C)C(=O)C5(C)C4c4c(O)ccc5ccccc45)C3C2=O)cc1. The molecule has 6 unspecified atom stereocenters. The molecule has 0 spiro atoms. The van der Waals surface area contributed by atoms with Gasteiger partial charge >= 0.3 is 0 Å². The molecule has 1 N–H and O–H groups in total. The Kier molecular flexibility index (Phi) is 7.85. The molecule has 284 valence electrons. The molecule has 4 aromatic carbocycles. The number of halogens is 1. The summed E-state index contributed by atoms with van der Waals surface area (Å²) in [7, 11) is 1.73. The Morgan fingerprint density at radius 3 is 2.46 bits per heavy atom. The summed E-state index contributed by atoms with van der Waals surface area (Å²) in [4.78, 5) is 62.6. The van der Waals surface area contributed by atoms with E-state index in [4.69, 9.17) is 16.7 Å². The first-order valence-electron chi connectivity index (χ1n) is 19.0. The number of phenolic OH excluding ortho intramolecular Hbond substituents is 1. The van der Waals surface area contributed by atoms with Gasteiger partial charge in [0.05, 0.1) is 33.7 Å². The highest BCUT2D eigenvalue weighted by atomic mass is 35.5. The van der Waals surface area contributed by atoms with Crippen LogP contribution in [0.4, 0.5) is 11.5 Å². The van der Waals surface area contributed by atoms with Crippen molar-refractivity contribution in [3.63, 3.8) is 0 Å². The van der Waals surface area contributed by atoms with Gasteiger partial charge in [0.15, 0.2) is 0 Å². The third kappa shape index (κ3) is 4.90. The lowest BCUT2D eigenvalue weighted by Gasteiger charge is -2.49. The van der Waals surface area contributed by atoms with Gasteiger partial charge in [0.1, 0.15) is 17.3 Å². The first kappa shape index (κ1) is 35.6. The second kappa shape index (κ2) is 12.6. The Morgan fingerprint density at radius 1 is 0.912 bits per heavy atom. The summed E-state index contributed by atoms with van der Waals surface area (Å²) in [6.07, 6.45) is 4.19. The average Bonchev–Trinajstić information content (AvgIpc) is 3.88. The predicted octanol–water partition coefficient (Wildman–Crippen LogP) is 9.20. The number of fused-ring (bicyclic) bond motifs is 6. The highest BCUT2D eigenvalue weighted by Crippen LogP contribution is 2.65. The number of phenols is 1. The van der Waals surface area contributed by atoms with E-state index in [1.54, 1.807) is 53.4 Å². The number of amides is 4. The molecule has 6 aromatic rings. The fourth-order valence-corrected chi connectivity index (χ4v) is 11.7. The number of rotatable bonds is 5. The summed E-state index contributed by atoms with van der Waals surface area (Å²) in [5.74, 6) is -4.60. The van der Waals surface area contributed by atoms with Crippen LogP contribution < -0.4 is 9.80 Å². The van der Waals surface area contributed by atoms with Crippen LogP contribution in [0.5, 0.6) is 5.75 Å². The molecule has 6 atom stereocenters. The molecule has 2 aliphatic carbocycles. The smallest absolute Gasteiger partial charge is 0.242 e. The average molecular weight is 793 g/mol. The number of carbonyl (C=O) groups is 4. The van der Waals surface area contributed by atoms with Gasteiger partial charge in [-0.25, -0.2) is 4.90 Å². The lowest BCUT2D eigenvalue weighted by atomic mass is 9.51. The van der Waals surface area contributed by atoms with Crippen LogP contribution in [0.3, 0.4) is 0 Å². The maximum Gasteiger partial charge on any atom is 0.242 e. The van der Waals surface area contributed by atoms with Crippen LogP contribution in [-0.2, 0) is 26.2 Å². The van der Waals surface area contributed by atoms with Gasteiger partial charge in [0, 0.05) is 34.3 Å². The normalized spacial score (nSPS) is 25.6.